The maximum absolute atomic E-state index is 11.8. The number of rotatable bonds is 3. The third-order valence-electron chi connectivity index (χ3n) is 2.41. The van der Waals surface area contributed by atoms with Crippen molar-refractivity contribution in [2.75, 3.05) is 11.2 Å². The van der Waals surface area contributed by atoms with E-state index in [0.29, 0.717) is 22.7 Å². The van der Waals surface area contributed by atoms with Gasteiger partial charge in [0.25, 0.3) is 0 Å². The van der Waals surface area contributed by atoms with E-state index in [4.69, 9.17) is 16.3 Å². The summed E-state index contributed by atoms with van der Waals surface area (Å²) in [6.07, 6.45) is 0. The van der Waals surface area contributed by atoms with Gasteiger partial charge in [0.2, 0.25) is 0 Å². The number of ether oxygens (including phenoxy) is 1. The summed E-state index contributed by atoms with van der Waals surface area (Å²) < 4.78 is 5.19. The first-order valence-corrected chi connectivity index (χ1v) is 5.34. The second-order valence-corrected chi connectivity index (χ2v) is 3.65. The smallest absolute Gasteiger partial charge is 0.343 e. The van der Waals surface area contributed by atoms with Crippen molar-refractivity contribution in [2.45, 2.75) is 0 Å². The molecule has 18 heavy (non-hydrogen) atoms. The standard InChI is InChI=1S/C13H13N3O2/c14-11-3-1-2-4-12(11)18-13(17)9-5-7-10(16-15)8-6-9/h1-8,16H,14-15H2. The Labute approximate surface area is 104 Å². The molecule has 0 radical (unpaired) electrons. The Bertz CT molecular complexity index is 552. The number of benzene rings is 2. The van der Waals surface area contributed by atoms with Gasteiger partial charge < -0.3 is 15.9 Å². The second kappa shape index (κ2) is 5.20. The first kappa shape index (κ1) is 11.9. The van der Waals surface area contributed by atoms with Crippen molar-refractivity contribution in [3.63, 3.8) is 0 Å². The average Bonchev–Trinajstić information content (AvgIpc) is 2.41. The van der Waals surface area contributed by atoms with Gasteiger partial charge in [0.1, 0.15) is 0 Å². The fraction of sp³-hybridized carbons (Fsp3) is 0. The van der Waals surface area contributed by atoms with E-state index in [2.05, 4.69) is 5.43 Å². The number of hydrazine groups is 1. The van der Waals surface area contributed by atoms with Crippen LogP contribution in [0.15, 0.2) is 48.5 Å². The van der Waals surface area contributed by atoms with Crippen LogP contribution in [0.25, 0.3) is 0 Å². The maximum Gasteiger partial charge on any atom is 0.343 e. The summed E-state index contributed by atoms with van der Waals surface area (Å²) in [5, 5.41) is 0. The highest BCUT2D eigenvalue weighted by Crippen LogP contribution is 2.21. The lowest BCUT2D eigenvalue weighted by Gasteiger charge is -2.07. The fourth-order valence-electron chi connectivity index (χ4n) is 1.43. The van der Waals surface area contributed by atoms with Gasteiger partial charge in [-0.2, -0.15) is 0 Å². The van der Waals surface area contributed by atoms with Crippen LogP contribution in [-0.4, -0.2) is 5.97 Å². The monoisotopic (exact) mass is 243 g/mol. The largest absolute Gasteiger partial charge is 0.421 e. The number of anilines is 2. The minimum atomic E-state index is -0.462. The quantitative estimate of drug-likeness (QED) is 0.251. The van der Waals surface area contributed by atoms with E-state index in [1.807, 2.05) is 0 Å². The molecule has 2 aromatic carbocycles. The molecule has 0 spiro atoms. The van der Waals surface area contributed by atoms with Crippen LogP contribution in [0.3, 0.4) is 0 Å². The molecule has 0 bridgehead atoms. The zero-order valence-corrected chi connectivity index (χ0v) is 9.59. The number of nitrogens with two attached hydrogens (primary N) is 2. The van der Waals surface area contributed by atoms with Crippen LogP contribution in [0.5, 0.6) is 5.75 Å². The summed E-state index contributed by atoms with van der Waals surface area (Å²) in [6, 6.07) is 13.4. The van der Waals surface area contributed by atoms with Gasteiger partial charge in [-0.3, -0.25) is 5.84 Å². The van der Waals surface area contributed by atoms with Crippen LogP contribution < -0.4 is 21.7 Å². The normalized spacial score (nSPS) is 9.83. The van der Waals surface area contributed by atoms with E-state index in [-0.39, 0.29) is 0 Å². The van der Waals surface area contributed by atoms with Crippen molar-refractivity contribution >= 4 is 17.3 Å². The van der Waals surface area contributed by atoms with Crippen LogP contribution in [-0.2, 0) is 0 Å². The molecule has 0 atom stereocenters. The van der Waals surface area contributed by atoms with Gasteiger partial charge in [0, 0.05) is 5.69 Å². The molecular weight excluding hydrogens is 230 g/mol. The van der Waals surface area contributed by atoms with E-state index >= 15 is 0 Å². The lowest BCUT2D eigenvalue weighted by atomic mass is 10.2. The highest BCUT2D eigenvalue weighted by molar-refractivity contribution is 5.92. The molecular formula is C13H13N3O2. The molecule has 0 heterocycles. The molecule has 5 heteroatoms. The molecule has 0 unspecified atom stereocenters. The first-order chi connectivity index (χ1) is 8.70. The number of esters is 1. The topological polar surface area (TPSA) is 90.4 Å². The van der Waals surface area contributed by atoms with Gasteiger partial charge in [0.05, 0.1) is 11.3 Å². The second-order valence-electron chi connectivity index (χ2n) is 3.65. The molecule has 2 aromatic rings. The summed E-state index contributed by atoms with van der Waals surface area (Å²) in [5.41, 5.74) is 9.73. The molecule has 0 aliphatic rings. The number of carbonyl (C=O) groups excluding carboxylic acids is 1. The third-order valence-corrected chi connectivity index (χ3v) is 2.41. The first-order valence-electron chi connectivity index (χ1n) is 5.34. The number of nitrogen functional groups attached to an aromatic ring is 2. The predicted octanol–water partition coefficient (Wildman–Crippen LogP) is 1.77. The number of hydrogen-bond donors (Lipinski definition) is 3. The summed E-state index contributed by atoms with van der Waals surface area (Å²) in [5.74, 6) is 5.13. The third kappa shape index (κ3) is 2.58. The molecule has 0 saturated carbocycles. The van der Waals surface area contributed by atoms with Crippen LogP contribution in [0.2, 0.25) is 0 Å². The Balaban J connectivity index is 2.14. The Morgan fingerprint density at radius 2 is 1.72 bits per heavy atom. The van der Waals surface area contributed by atoms with E-state index in [1.165, 1.54) is 0 Å². The molecule has 92 valence electrons. The van der Waals surface area contributed by atoms with Crippen molar-refractivity contribution in [3.8, 4) is 5.75 Å². The van der Waals surface area contributed by atoms with Gasteiger partial charge in [-0.25, -0.2) is 4.79 Å². The minimum Gasteiger partial charge on any atom is -0.421 e. The number of hydrogen-bond acceptors (Lipinski definition) is 5. The number of nitrogens with one attached hydrogen (secondary N) is 1. The fourth-order valence-corrected chi connectivity index (χ4v) is 1.43. The Hall–Kier alpha value is -2.53. The molecule has 5 N–H and O–H groups in total. The van der Waals surface area contributed by atoms with Crippen LogP contribution in [0, 0.1) is 0 Å². The Morgan fingerprint density at radius 1 is 1.06 bits per heavy atom. The van der Waals surface area contributed by atoms with Gasteiger partial charge in [0.15, 0.2) is 5.75 Å². The van der Waals surface area contributed by atoms with Gasteiger partial charge in [-0.15, -0.1) is 0 Å². The number of carbonyl (C=O) groups is 1. The highest BCUT2D eigenvalue weighted by atomic mass is 16.5. The van der Waals surface area contributed by atoms with Crippen LogP contribution in [0.1, 0.15) is 10.4 Å². The van der Waals surface area contributed by atoms with Crippen molar-refractivity contribution in [1.29, 1.82) is 0 Å². The minimum absolute atomic E-state index is 0.350. The molecule has 5 nitrogen and oxygen atoms in total. The zero-order chi connectivity index (χ0) is 13.0. The van der Waals surface area contributed by atoms with E-state index in [9.17, 15) is 4.79 Å². The van der Waals surface area contributed by atoms with Gasteiger partial charge in [-0.05, 0) is 36.4 Å². The van der Waals surface area contributed by atoms with Crippen LogP contribution in [0.4, 0.5) is 11.4 Å². The van der Waals surface area contributed by atoms with Crippen molar-refractivity contribution in [2.24, 2.45) is 5.84 Å². The molecule has 0 saturated heterocycles. The molecule has 0 aliphatic heterocycles. The van der Waals surface area contributed by atoms with Crippen molar-refractivity contribution in [1.82, 2.24) is 0 Å². The molecule has 0 aromatic heterocycles. The maximum atomic E-state index is 11.8. The summed E-state index contributed by atoms with van der Waals surface area (Å²) >= 11 is 0. The van der Waals surface area contributed by atoms with E-state index in [1.54, 1.807) is 48.5 Å². The average molecular weight is 243 g/mol. The summed E-state index contributed by atoms with van der Waals surface area (Å²) in [6.45, 7) is 0. The highest BCUT2D eigenvalue weighted by Gasteiger charge is 2.09. The zero-order valence-electron chi connectivity index (χ0n) is 9.59. The molecule has 0 amide bonds. The lowest BCUT2D eigenvalue weighted by molar-refractivity contribution is 0.0736. The SMILES string of the molecule is NNc1ccc(C(=O)Oc2ccccc2N)cc1. The molecule has 0 aliphatic carbocycles. The molecule has 0 fully saturated rings. The predicted molar refractivity (Wildman–Crippen MR) is 70.1 cm³/mol. The summed E-state index contributed by atoms with van der Waals surface area (Å²) in [4.78, 5) is 11.8. The number of para-hydroxylation sites is 2. The van der Waals surface area contributed by atoms with E-state index in [0.717, 1.165) is 0 Å². The molecule has 2 rings (SSSR count). The van der Waals surface area contributed by atoms with Crippen molar-refractivity contribution in [3.05, 3.63) is 54.1 Å². The van der Waals surface area contributed by atoms with Gasteiger partial charge >= 0.3 is 5.97 Å². The van der Waals surface area contributed by atoms with Crippen molar-refractivity contribution < 1.29 is 9.53 Å². The van der Waals surface area contributed by atoms with Gasteiger partial charge in [-0.1, -0.05) is 12.1 Å². The Kier molecular flexibility index (Phi) is 3.45. The lowest BCUT2D eigenvalue weighted by Crippen LogP contribution is -2.10. The summed E-state index contributed by atoms with van der Waals surface area (Å²) in [7, 11) is 0. The Morgan fingerprint density at radius 3 is 2.33 bits per heavy atom. The van der Waals surface area contributed by atoms with E-state index < -0.39 is 5.97 Å². The van der Waals surface area contributed by atoms with Crippen LogP contribution >= 0.6 is 0 Å².